The Labute approximate surface area is 176 Å². The van der Waals surface area contributed by atoms with Crippen LogP contribution in [-0.4, -0.2) is 12.1 Å². The molecule has 0 unspecified atom stereocenters. The van der Waals surface area contributed by atoms with Crippen molar-refractivity contribution in [3.8, 4) is 11.5 Å². The highest BCUT2D eigenvalue weighted by Gasteiger charge is 2.10. The van der Waals surface area contributed by atoms with Gasteiger partial charge in [-0.15, -0.1) is 0 Å². The molecule has 0 fully saturated rings. The molecule has 0 saturated heterocycles. The minimum Gasteiger partial charge on any atom is -0.493 e. The van der Waals surface area contributed by atoms with Crippen molar-refractivity contribution >= 4 is 28.8 Å². The summed E-state index contributed by atoms with van der Waals surface area (Å²) in [5.74, 6) is 1.27. The van der Waals surface area contributed by atoms with Crippen LogP contribution in [0.15, 0.2) is 66.7 Å². The molecular weight excluding hydrogens is 390 g/mol. The van der Waals surface area contributed by atoms with E-state index in [9.17, 15) is 0 Å². The van der Waals surface area contributed by atoms with Crippen LogP contribution in [0.1, 0.15) is 22.3 Å². The topological polar surface area (TPSA) is 30.5 Å². The van der Waals surface area contributed by atoms with E-state index in [0.29, 0.717) is 34.7 Å². The minimum atomic E-state index is 0.367. The number of methoxy groups -OCH3 is 1. The smallest absolute Gasteiger partial charge is 0.161 e. The molecule has 0 atom stereocenters. The van der Waals surface area contributed by atoms with Crippen molar-refractivity contribution in [2.75, 3.05) is 7.11 Å². The molecule has 3 nitrogen and oxygen atoms in total. The van der Waals surface area contributed by atoms with Crippen LogP contribution in [0.5, 0.6) is 11.5 Å². The number of nitrogens with one attached hydrogen (secondary N) is 1. The highest BCUT2D eigenvalue weighted by molar-refractivity contribution is 7.80. The van der Waals surface area contributed by atoms with Crippen molar-refractivity contribution in [1.82, 2.24) is 5.32 Å². The van der Waals surface area contributed by atoms with Gasteiger partial charge in [-0.05, 0) is 36.8 Å². The van der Waals surface area contributed by atoms with Crippen molar-refractivity contribution < 1.29 is 9.47 Å². The fourth-order valence-electron chi connectivity index (χ4n) is 2.69. The molecule has 0 spiro atoms. The Hall–Kier alpha value is -2.56. The van der Waals surface area contributed by atoms with Crippen LogP contribution in [0.2, 0.25) is 5.02 Å². The van der Waals surface area contributed by atoms with Gasteiger partial charge in [0.1, 0.15) is 11.6 Å². The normalized spacial score (nSPS) is 10.4. The van der Waals surface area contributed by atoms with Gasteiger partial charge in [0.25, 0.3) is 0 Å². The number of aryl methyl sites for hydroxylation is 1. The number of thiocarbonyl (C=S) groups is 1. The molecule has 0 aromatic heterocycles. The molecule has 3 aromatic carbocycles. The molecule has 28 heavy (non-hydrogen) atoms. The Morgan fingerprint density at radius 3 is 2.46 bits per heavy atom. The zero-order valence-corrected chi connectivity index (χ0v) is 17.4. The second-order valence-corrected chi connectivity index (χ2v) is 7.23. The van der Waals surface area contributed by atoms with E-state index >= 15 is 0 Å². The molecule has 0 aliphatic rings. The highest BCUT2D eigenvalue weighted by Crippen LogP contribution is 2.29. The average molecular weight is 412 g/mol. The van der Waals surface area contributed by atoms with E-state index in [4.69, 9.17) is 33.3 Å². The van der Waals surface area contributed by atoms with Crippen LogP contribution < -0.4 is 14.8 Å². The maximum Gasteiger partial charge on any atom is 0.161 e. The minimum absolute atomic E-state index is 0.367. The lowest BCUT2D eigenvalue weighted by molar-refractivity contribution is 0.284. The molecule has 3 rings (SSSR count). The zero-order chi connectivity index (χ0) is 19.9. The molecule has 3 aromatic rings. The predicted molar refractivity (Wildman–Crippen MR) is 118 cm³/mol. The van der Waals surface area contributed by atoms with Crippen LogP contribution >= 0.6 is 23.8 Å². The lowest BCUT2D eigenvalue weighted by Gasteiger charge is -2.14. The standard InChI is InChI=1S/C23H22ClNO2S/c1-16-7-9-17(10-8-16)14-25-23(28)18-11-12-21(22(13-18)26-2)27-15-19-5-3-4-6-20(19)24/h3-13H,14-15H2,1-2H3,(H,25,28). The lowest BCUT2D eigenvalue weighted by Crippen LogP contribution is -2.21. The van der Waals surface area contributed by atoms with Gasteiger partial charge in [0, 0.05) is 22.7 Å². The number of hydrogen-bond donors (Lipinski definition) is 1. The van der Waals surface area contributed by atoms with Crippen molar-refractivity contribution in [1.29, 1.82) is 0 Å². The SMILES string of the molecule is COc1cc(C(=S)NCc2ccc(C)cc2)ccc1OCc1ccccc1Cl. The van der Waals surface area contributed by atoms with Gasteiger partial charge in [-0.2, -0.15) is 0 Å². The second-order valence-electron chi connectivity index (χ2n) is 6.41. The number of hydrogen-bond acceptors (Lipinski definition) is 3. The van der Waals surface area contributed by atoms with Crippen molar-refractivity contribution in [3.63, 3.8) is 0 Å². The van der Waals surface area contributed by atoms with Crippen molar-refractivity contribution in [2.45, 2.75) is 20.1 Å². The Bertz CT molecular complexity index is 957. The first-order valence-corrected chi connectivity index (χ1v) is 9.73. The summed E-state index contributed by atoms with van der Waals surface area (Å²) in [7, 11) is 1.62. The monoisotopic (exact) mass is 411 g/mol. The summed E-state index contributed by atoms with van der Waals surface area (Å²) in [5.41, 5.74) is 4.22. The summed E-state index contributed by atoms with van der Waals surface area (Å²) in [6, 6.07) is 21.7. The van der Waals surface area contributed by atoms with Crippen molar-refractivity contribution in [2.24, 2.45) is 0 Å². The van der Waals surface area contributed by atoms with Gasteiger partial charge >= 0.3 is 0 Å². The number of halogens is 1. The maximum atomic E-state index is 6.19. The second kappa shape index (κ2) is 9.58. The molecule has 0 aliphatic carbocycles. The summed E-state index contributed by atoms with van der Waals surface area (Å²) in [6.45, 7) is 3.11. The highest BCUT2D eigenvalue weighted by atomic mass is 35.5. The third kappa shape index (κ3) is 5.24. The van der Waals surface area contributed by atoms with E-state index in [1.807, 2.05) is 42.5 Å². The summed E-state index contributed by atoms with van der Waals surface area (Å²) in [4.78, 5) is 0.663. The third-order valence-electron chi connectivity index (χ3n) is 4.34. The van der Waals surface area contributed by atoms with E-state index in [-0.39, 0.29) is 0 Å². The number of ether oxygens (including phenoxy) is 2. The predicted octanol–water partition coefficient (Wildman–Crippen LogP) is 5.70. The van der Waals surface area contributed by atoms with Gasteiger partial charge in [-0.3, -0.25) is 0 Å². The molecule has 0 bridgehead atoms. The van der Waals surface area contributed by atoms with E-state index in [0.717, 1.165) is 11.1 Å². The Morgan fingerprint density at radius 2 is 1.75 bits per heavy atom. The first-order chi connectivity index (χ1) is 13.6. The largest absolute Gasteiger partial charge is 0.493 e. The van der Waals surface area contributed by atoms with Gasteiger partial charge in [-0.25, -0.2) is 0 Å². The third-order valence-corrected chi connectivity index (χ3v) is 5.09. The lowest BCUT2D eigenvalue weighted by atomic mass is 10.1. The first kappa shape index (κ1) is 20.2. The summed E-state index contributed by atoms with van der Waals surface area (Å²) < 4.78 is 11.4. The van der Waals surface area contributed by atoms with Crippen LogP contribution in [0.4, 0.5) is 0 Å². The molecular formula is C23H22ClNO2S. The van der Waals surface area contributed by atoms with E-state index in [2.05, 4.69) is 36.5 Å². The molecule has 0 radical (unpaired) electrons. The van der Waals surface area contributed by atoms with Gasteiger partial charge in [0.15, 0.2) is 11.5 Å². The van der Waals surface area contributed by atoms with Gasteiger partial charge in [-0.1, -0.05) is 71.8 Å². The summed E-state index contributed by atoms with van der Waals surface area (Å²) in [5, 5.41) is 3.97. The maximum absolute atomic E-state index is 6.19. The fourth-order valence-corrected chi connectivity index (χ4v) is 3.08. The zero-order valence-electron chi connectivity index (χ0n) is 15.9. The molecule has 144 valence electrons. The molecule has 1 N–H and O–H groups in total. The Balaban J connectivity index is 1.65. The molecule has 0 heterocycles. The van der Waals surface area contributed by atoms with Gasteiger partial charge < -0.3 is 14.8 Å². The van der Waals surface area contributed by atoms with Crippen LogP contribution in [0.25, 0.3) is 0 Å². The Morgan fingerprint density at radius 1 is 1.00 bits per heavy atom. The van der Waals surface area contributed by atoms with E-state index in [1.165, 1.54) is 11.1 Å². The van der Waals surface area contributed by atoms with Gasteiger partial charge in [0.2, 0.25) is 0 Å². The number of rotatable bonds is 7. The summed E-state index contributed by atoms with van der Waals surface area (Å²) in [6.07, 6.45) is 0. The molecule has 0 aliphatic heterocycles. The van der Waals surface area contributed by atoms with Crippen LogP contribution in [-0.2, 0) is 13.2 Å². The van der Waals surface area contributed by atoms with Crippen LogP contribution in [0.3, 0.4) is 0 Å². The summed E-state index contributed by atoms with van der Waals surface area (Å²) >= 11 is 11.7. The van der Waals surface area contributed by atoms with Gasteiger partial charge in [0.05, 0.1) is 7.11 Å². The quantitative estimate of drug-likeness (QED) is 0.505. The average Bonchev–Trinajstić information content (AvgIpc) is 2.72. The van der Waals surface area contributed by atoms with Crippen molar-refractivity contribution in [3.05, 3.63) is 94.0 Å². The molecule has 0 amide bonds. The first-order valence-electron chi connectivity index (χ1n) is 8.95. The van der Waals surface area contributed by atoms with E-state index < -0.39 is 0 Å². The Kier molecular flexibility index (Phi) is 6.90. The fraction of sp³-hybridized carbons (Fsp3) is 0.174. The number of benzene rings is 3. The van der Waals surface area contributed by atoms with E-state index in [1.54, 1.807) is 7.11 Å². The molecule has 0 saturated carbocycles. The van der Waals surface area contributed by atoms with Crippen LogP contribution in [0, 0.1) is 6.92 Å². The molecule has 5 heteroatoms.